The SMILES string of the molecule is O=C(c1ccc[nH]c1=O)N1CCC[C@@]2(C=Cc3ccccc3O2)CC1. The fourth-order valence-corrected chi connectivity index (χ4v) is 3.57. The second-order valence-electron chi connectivity index (χ2n) is 6.60. The first-order valence-corrected chi connectivity index (χ1v) is 8.61. The van der Waals surface area contributed by atoms with Crippen molar-refractivity contribution in [3.8, 4) is 5.75 Å². The average Bonchev–Trinajstić information content (AvgIpc) is 2.84. The summed E-state index contributed by atoms with van der Waals surface area (Å²) in [5.41, 5.74) is 0.575. The topological polar surface area (TPSA) is 62.4 Å². The number of amides is 1. The molecule has 1 aromatic heterocycles. The van der Waals surface area contributed by atoms with Crippen molar-refractivity contribution < 1.29 is 9.53 Å². The number of rotatable bonds is 1. The number of nitrogens with one attached hydrogen (secondary N) is 1. The molecular formula is C20H20N2O3. The lowest BCUT2D eigenvalue weighted by atomic mass is 9.91. The molecule has 4 rings (SSSR count). The van der Waals surface area contributed by atoms with Crippen molar-refractivity contribution in [1.29, 1.82) is 0 Å². The zero-order valence-corrected chi connectivity index (χ0v) is 13.9. The maximum Gasteiger partial charge on any atom is 0.260 e. The number of aromatic nitrogens is 1. The molecule has 2 aliphatic heterocycles. The van der Waals surface area contributed by atoms with Crippen molar-refractivity contribution in [1.82, 2.24) is 9.88 Å². The van der Waals surface area contributed by atoms with Crippen molar-refractivity contribution in [2.45, 2.75) is 24.9 Å². The van der Waals surface area contributed by atoms with E-state index in [2.05, 4.69) is 17.1 Å². The molecule has 0 aliphatic carbocycles. The van der Waals surface area contributed by atoms with Crippen LogP contribution in [-0.2, 0) is 0 Å². The van der Waals surface area contributed by atoms with E-state index in [0.29, 0.717) is 19.5 Å². The first kappa shape index (κ1) is 15.7. The van der Waals surface area contributed by atoms with Crippen LogP contribution in [0.5, 0.6) is 5.75 Å². The van der Waals surface area contributed by atoms with E-state index in [1.54, 1.807) is 17.0 Å². The summed E-state index contributed by atoms with van der Waals surface area (Å²) >= 11 is 0. The molecule has 0 bridgehead atoms. The number of ether oxygens (including phenoxy) is 1. The molecule has 25 heavy (non-hydrogen) atoms. The predicted octanol–water partition coefficient (Wildman–Crippen LogP) is 2.85. The summed E-state index contributed by atoms with van der Waals surface area (Å²) in [6.07, 6.45) is 8.18. The van der Waals surface area contributed by atoms with Crippen molar-refractivity contribution in [3.63, 3.8) is 0 Å². The fraction of sp³-hybridized carbons (Fsp3) is 0.300. The molecule has 128 valence electrons. The van der Waals surface area contributed by atoms with E-state index in [0.717, 1.165) is 24.2 Å². The smallest absolute Gasteiger partial charge is 0.260 e. The average molecular weight is 336 g/mol. The molecule has 0 unspecified atom stereocenters. The van der Waals surface area contributed by atoms with Gasteiger partial charge in [0.05, 0.1) is 0 Å². The van der Waals surface area contributed by atoms with Crippen LogP contribution in [0.25, 0.3) is 6.08 Å². The highest BCUT2D eigenvalue weighted by atomic mass is 16.5. The van der Waals surface area contributed by atoms with Crippen LogP contribution in [0.2, 0.25) is 0 Å². The molecular weight excluding hydrogens is 316 g/mol. The quantitative estimate of drug-likeness (QED) is 0.871. The Labute approximate surface area is 145 Å². The number of H-pyrrole nitrogens is 1. The van der Waals surface area contributed by atoms with Crippen molar-refractivity contribution in [2.75, 3.05) is 13.1 Å². The Hall–Kier alpha value is -2.82. The van der Waals surface area contributed by atoms with Gasteiger partial charge in [-0.2, -0.15) is 0 Å². The number of pyridine rings is 1. The van der Waals surface area contributed by atoms with E-state index in [4.69, 9.17) is 4.74 Å². The van der Waals surface area contributed by atoms with Crippen LogP contribution in [0.15, 0.2) is 53.5 Å². The van der Waals surface area contributed by atoms with Crippen molar-refractivity contribution >= 4 is 12.0 Å². The number of carbonyl (C=O) groups excluding carboxylic acids is 1. The molecule has 5 heteroatoms. The van der Waals surface area contributed by atoms with Crippen LogP contribution in [-0.4, -0.2) is 34.5 Å². The highest BCUT2D eigenvalue weighted by Crippen LogP contribution is 2.36. The largest absolute Gasteiger partial charge is 0.483 e. The number of benzene rings is 1. The second kappa shape index (κ2) is 6.24. The van der Waals surface area contributed by atoms with E-state index >= 15 is 0 Å². The highest BCUT2D eigenvalue weighted by molar-refractivity contribution is 5.93. The molecule has 3 heterocycles. The molecule has 1 aromatic carbocycles. The van der Waals surface area contributed by atoms with Crippen LogP contribution >= 0.6 is 0 Å². The normalized spacial score (nSPS) is 22.2. The number of hydrogen-bond acceptors (Lipinski definition) is 3. The number of hydrogen-bond donors (Lipinski definition) is 1. The lowest BCUT2D eigenvalue weighted by Gasteiger charge is -2.34. The summed E-state index contributed by atoms with van der Waals surface area (Å²) in [5.74, 6) is 0.684. The van der Waals surface area contributed by atoms with Gasteiger partial charge >= 0.3 is 0 Å². The number of carbonyl (C=O) groups is 1. The Bertz CT molecular complexity index is 886. The lowest BCUT2D eigenvalue weighted by Crippen LogP contribution is -2.39. The summed E-state index contributed by atoms with van der Waals surface area (Å²) in [6, 6.07) is 11.2. The molecule has 1 spiro atoms. The third kappa shape index (κ3) is 2.97. The van der Waals surface area contributed by atoms with Gasteiger partial charge in [-0.1, -0.05) is 24.3 Å². The minimum atomic E-state index is -0.369. The molecule has 2 aromatic rings. The summed E-state index contributed by atoms with van der Waals surface area (Å²) in [4.78, 5) is 28.9. The van der Waals surface area contributed by atoms with Crippen LogP contribution in [0.1, 0.15) is 35.2 Å². The third-order valence-corrected chi connectivity index (χ3v) is 4.97. The van der Waals surface area contributed by atoms with Gasteiger partial charge < -0.3 is 14.6 Å². The van der Waals surface area contributed by atoms with Gasteiger partial charge in [0.1, 0.15) is 16.9 Å². The maximum absolute atomic E-state index is 12.7. The summed E-state index contributed by atoms with van der Waals surface area (Å²) < 4.78 is 6.31. The van der Waals surface area contributed by atoms with Crippen molar-refractivity contribution in [3.05, 3.63) is 70.2 Å². The molecule has 0 radical (unpaired) electrons. The minimum absolute atomic E-state index is 0.198. The maximum atomic E-state index is 12.7. The second-order valence-corrected chi connectivity index (χ2v) is 6.60. The Kier molecular flexibility index (Phi) is 3.92. The number of para-hydroxylation sites is 1. The van der Waals surface area contributed by atoms with Gasteiger partial charge in [-0.05, 0) is 37.1 Å². The Morgan fingerprint density at radius 2 is 2.00 bits per heavy atom. The minimum Gasteiger partial charge on any atom is -0.483 e. The zero-order chi connectivity index (χ0) is 17.3. The molecule has 1 amide bonds. The number of fused-ring (bicyclic) bond motifs is 1. The number of likely N-dealkylation sites (tertiary alicyclic amines) is 1. The van der Waals surface area contributed by atoms with E-state index in [1.807, 2.05) is 24.3 Å². The van der Waals surface area contributed by atoms with Crippen LogP contribution in [0.4, 0.5) is 0 Å². The van der Waals surface area contributed by atoms with Crippen LogP contribution in [0.3, 0.4) is 0 Å². The molecule has 1 N–H and O–H groups in total. The van der Waals surface area contributed by atoms with E-state index in [1.165, 1.54) is 6.20 Å². The van der Waals surface area contributed by atoms with E-state index in [9.17, 15) is 9.59 Å². The summed E-state index contributed by atoms with van der Waals surface area (Å²) in [5, 5.41) is 0. The van der Waals surface area contributed by atoms with E-state index in [-0.39, 0.29) is 22.6 Å². The van der Waals surface area contributed by atoms with E-state index < -0.39 is 0 Å². The van der Waals surface area contributed by atoms with Gasteiger partial charge in [0.15, 0.2) is 0 Å². The molecule has 1 atom stereocenters. The standard InChI is InChI=1S/C20H20N2O3/c23-18-16(6-3-12-21-18)19(24)22-13-4-9-20(11-14-22)10-8-15-5-1-2-7-17(15)25-20/h1-3,5-8,10,12H,4,9,11,13-14H2,(H,21,23)/t20-/m1/s1. The van der Waals surface area contributed by atoms with Crippen LogP contribution in [0, 0.1) is 0 Å². The predicted molar refractivity (Wildman–Crippen MR) is 95.7 cm³/mol. The lowest BCUT2D eigenvalue weighted by molar-refractivity contribution is 0.0728. The number of nitrogens with zero attached hydrogens (tertiary/aromatic N) is 1. The molecule has 1 fully saturated rings. The summed E-state index contributed by atoms with van der Waals surface area (Å²) in [7, 11) is 0. The molecule has 1 saturated heterocycles. The van der Waals surface area contributed by atoms with Crippen LogP contribution < -0.4 is 10.3 Å². The molecule has 0 saturated carbocycles. The highest BCUT2D eigenvalue weighted by Gasteiger charge is 2.36. The zero-order valence-electron chi connectivity index (χ0n) is 13.9. The Morgan fingerprint density at radius 3 is 2.88 bits per heavy atom. The van der Waals surface area contributed by atoms with Gasteiger partial charge in [0.25, 0.3) is 11.5 Å². The first-order valence-electron chi connectivity index (χ1n) is 8.61. The molecule has 2 aliphatic rings. The molecule has 5 nitrogen and oxygen atoms in total. The fourth-order valence-electron chi connectivity index (χ4n) is 3.57. The van der Waals surface area contributed by atoms with Gasteiger partial charge in [0, 0.05) is 31.3 Å². The Morgan fingerprint density at radius 1 is 1.12 bits per heavy atom. The first-order chi connectivity index (χ1) is 12.2. The monoisotopic (exact) mass is 336 g/mol. The Balaban J connectivity index is 1.53. The van der Waals surface area contributed by atoms with Gasteiger partial charge in [-0.25, -0.2) is 0 Å². The van der Waals surface area contributed by atoms with Gasteiger partial charge in [0.2, 0.25) is 0 Å². The summed E-state index contributed by atoms with van der Waals surface area (Å²) in [6.45, 7) is 1.20. The number of aromatic amines is 1. The van der Waals surface area contributed by atoms with Gasteiger partial charge in [-0.3, -0.25) is 9.59 Å². The van der Waals surface area contributed by atoms with Gasteiger partial charge in [-0.15, -0.1) is 0 Å². The van der Waals surface area contributed by atoms with Crippen molar-refractivity contribution in [2.24, 2.45) is 0 Å². The third-order valence-electron chi connectivity index (χ3n) is 4.97.